The Balaban J connectivity index is 1.46. The van der Waals surface area contributed by atoms with Crippen LogP contribution in [0.2, 0.25) is 0 Å². The first-order chi connectivity index (χ1) is 17.7. The number of benzene rings is 1. The molecule has 8 atom stereocenters. The molecule has 37 heavy (non-hydrogen) atoms. The van der Waals surface area contributed by atoms with Gasteiger partial charge >= 0.3 is 0 Å². The summed E-state index contributed by atoms with van der Waals surface area (Å²) in [5, 5.41) is 20.6. The Morgan fingerprint density at radius 2 is 1.92 bits per heavy atom. The molecule has 7 aliphatic rings. The molecule has 4 heteroatoms. The summed E-state index contributed by atoms with van der Waals surface area (Å²) in [6.07, 6.45) is 13.9. The smallest absolute Gasteiger partial charge is 0.115 e. The zero-order valence-electron chi connectivity index (χ0n) is 22.8. The lowest BCUT2D eigenvalue weighted by Crippen LogP contribution is -2.81. The number of aromatic hydroxyl groups is 1. The van der Waals surface area contributed by atoms with Crippen molar-refractivity contribution in [3.8, 4) is 17.6 Å². The van der Waals surface area contributed by atoms with Crippen molar-refractivity contribution in [3.63, 3.8) is 0 Å². The van der Waals surface area contributed by atoms with Crippen molar-refractivity contribution < 1.29 is 14.9 Å². The van der Waals surface area contributed by atoms with E-state index in [0.717, 1.165) is 12.8 Å². The average molecular weight is 504 g/mol. The molecule has 8 rings (SSSR count). The number of aliphatic hydroxyl groups is 1. The predicted molar refractivity (Wildman–Crippen MR) is 145 cm³/mol. The van der Waals surface area contributed by atoms with E-state index in [1.165, 1.54) is 62.5 Å². The normalized spacial score (nSPS) is 44.4. The first-order valence-corrected chi connectivity index (χ1v) is 15.1. The zero-order chi connectivity index (χ0) is 25.6. The lowest BCUT2D eigenvalue weighted by atomic mass is 9.39. The van der Waals surface area contributed by atoms with Crippen LogP contribution < -0.4 is 5.73 Å². The van der Waals surface area contributed by atoms with Crippen molar-refractivity contribution in [2.75, 3.05) is 6.61 Å². The van der Waals surface area contributed by atoms with Crippen molar-refractivity contribution in [2.24, 2.45) is 46.7 Å². The summed E-state index contributed by atoms with van der Waals surface area (Å²) in [5.74, 6) is 10.1. The Bertz CT molecular complexity index is 1140. The van der Waals surface area contributed by atoms with Gasteiger partial charge in [-0.2, -0.15) is 0 Å². The fourth-order valence-corrected chi connectivity index (χ4v) is 11.2. The number of aliphatic hydroxyl groups excluding tert-OH is 1. The van der Waals surface area contributed by atoms with Crippen LogP contribution in [0.4, 0.5) is 0 Å². The van der Waals surface area contributed by atoms with E-state index in [9.17, 15) is 10.2 Å². The van der Waals surface area contributed by atoms with Crippen molar-refractivity contribution in [1.82, 2.24) is 0 Å². The molecule has 2 spiro atoms. The third-order valence-corrected chi connectivity index (χ3v) is 12.4. The molecular formula is C33H45NO3. The van der Waals surface area contributed by atoms with E-state index in [-0.39, 0.29) is 29.6 Å². The molecular weight excluding hydrogens is 458 g/mol. The van der Waals surface area contributed by atoms with Crippen LogP contribution in [0.5, 0.6) is 5.75 Å². The molecule has 2 heterocycles. The Kier molecular flexibility index (Phi) is 5.45. The average Bonchev–Trinajstić information content (AvgIpc) is 3.28. The number of hydrogen-bond acceptors (Lipinski definition) is 4. The lowest BCUT2D eigenvalue weighted by Gasteiger charge is -2.73. The molecule has 5 bridgehead atoms. The fourth-order valence-electron chi connectivity index (χ4n) is 11.2. The van der Waals surface area contributed by atoms with E-state index in [4.69, 9.17) is 10.5 Å². The molecule has 2 aliphatic heterocycles. The zero-order valence-corrected chi connectivity index (χ0v) is 22.8. The van der Waals surface area contributed by atoms with Gasteiger partial charge in [-0.3, -0.25) is 0 Å². The molecule has 0 amide bonds. The summed E-state index contributed by atoms with van der Waals surface area (Å²) < 4.78 is 7.49. The molecule has 1 aromatic carbocycles. The number of rotatable bonds is 2. The molecule has 2 saturated heterocycles. The number of phenols is 1. The van der Waals surface area contributed by atoms with Gasteiger partial charge in [-0.05, 0) is 124 Å². The van der Waals surface area contributed by atoms with Gasteiger partial charge in [-0.25, -0.2) is 0 Å². The number of fused-ring (bicyclic) bond motifs is 2. The third kappa shape index (κ3) is 3.39. The van der Waals surface area contributed by atoms with Crippen molar-refractivity contribution in [1.29, 1.82) is 0 Å². The second-order valence-corrected chi connectivity index (χ2v) is 14.4. The minimum atomic E-state index is -0.548. The predicted octanol–water partition coefficient (Wildman–Crippen LogP) is 5.37. The maximum Gasteiger partial charge on any atom is 0.115 e. The van der Waals surface area contributed by atoms with Crippen molar-refractivity contribution in [3.05, 3.63) is 29.3 Å². The molecule has 0 aromatic heterocycles. The van der Waals surface area contributed by atoms with E-state index >= 15 is 0 Å². The Hall–Kier alpha value is -1.54. The van der Waals surface area contributed by atoms with Gasteiger partial charge in [0.1, 0.15) is 5.75 Å². The highest BCUT2D eigenvalue weighted by Gasteiger charge is 2.74. The standard InChI is InChI=1S/C33H45NO3/c1-30(2)29-18-24-9-11-26-23-16-22-8-10-25(36)17-21(22)6-5-7-28(32(29,34)14-15-35)33(24,37-30)27(26)20-31(19-23)12-3-4-13-31/h8,10,17,23-24,26-29,35-36H,3-4,6,9,11-16,18-20,34H2,1-2H3/t23-,24-,26-,27+,28-,29-,32-,33+/m0/s1. The van der Waals surface area contributed by atoms with Gasteiger partial charge in [-0.15, -0.1) is 0 Å². The molecule has 200 valence electrons. The highest BCUT2D eigenvalue weighted by molar-refractivity contribution is 5.40. The van der Waals surface area contributed by atoms with Crippen LogP contribution in [0.15, 0.2) is 18.2 Å². The number of nitrogens with two attached hydrogens (primary N) is 1. The van der Waals surface area contributed by atoms with E-state index in [1.54, 1.807) is 0 Å². The number of ether oxygens (including phenoxy) is 1. The second-order valence-electron chi connectivity index (χ2n) is 14.4. The van der Waals surface area contributed by atoms with Gasteiger partial charge < -0.3 is 20.7 Å². The molecule has 1 aromatic rings. The van der Waals surface area contributed by atoms with E-state index in [0.29, 0.717) is 47.7 Å². The van der Waals surface area contributed by atoms with Gasteiger partial charge in [0.2, 0.25) is 0 Å². The van der Waals surface area contributed by atoms with E-state index in [2.05, 4.69) is 31.8 Å². The molecule has 4 saturated carbocycles. The largest absolute Gasteiger partial charge is 0.508 e. The maximum atomic E-state index is 10.3. The summed E-state index contributed by atoms with van der Waals surface area (Å²) >= 11 is 0. The lowest BCUT2D eigenvalue weighted by molar-refractivity contribution is -0.350. The van der Waals surface area contributed by atoms with Crippen molar-refractivity contribution in [2.45, 2.75) is 108 Å². The van der Waals surface area contributed by atoms with Crippen LogP contribution in [0, 0.1) is 52.8 Å². The summed E-state index contributed by atoms with van der Waals surface area (Å²) in [4.78, 5) is 0. The summed E-state index contributed by atoms with van der Waals surface area (Å²) in [6, 6.07) is 5.97. The summed E-state index contributed by atoms with van der Waals surface area (Å²) in [6.45, 7) is 4.63. The molecule has 4 nitrogen and oxygen atoms in total. The van der Waals surface area contributed by atoms with Gasteiger partial charge in [-0.1, -0.05) is 30.7 Å². The molecule has 6 fully saturated rings. The van der Waals surface area contributed by atoms with Crippen LogP contribution in [-0.4, -0.2) is 33.6 Å². The van der Waals surface area contributed by atoms with Crippen LogP contribution in [0.3, 0.4) is 0 Å². The molecule has 5 aliphatic carbocycles. The Labute approximate surface area is 222 Å². The Morgan fingerprint density at radius 3 is 2.70 bits per heavy atom. The minimum Gasteiger partial charge on any atom is -0.508 e. The van der Waals surface area contributed by atoms with Crippen molar-refractivity contribution >= 4 is 0 Å². The SMILES string of the molecule is CC1(C)O[C@@]23[C@H]4CC[C@H]5[C@@H](Cc6ccc(O)cc6CC#C[C@H]2[C@@](N)(CCO)[C@H]1C4)CC1(CCCC1)C[C@H]53. The van der Waals surface area contributed by atoms with Gasteiger partial charge in [0.05, 0.1) is 17.1 Å². The Morgan fingerprint density at radius 1 is 1.11 bits per heavy atom. The van der Waals surface area contributed by atoms with Crippen LogP contribution in [0.1, 0.15) is 89.2 Å². The highest BCUT2D eigenvalue weighted by Crippen LogP contribution is 2.71. The van der Waals surface area contributed by atoms with Crippen LogP contribution >= 0.6 is 0 Å². The summed E-state index contributed by atoms with van der Waals surface area (Å²) in [5.41, 5.74) is 9.28. The number of hydrogen-bond donors (Lipinski definition) is 3. The maximum absolute atomic E-state index is 10.3. The molecule has 0 radical (unpaired) electrons. The van der Waals surface area contributed by atoms with Gasteiger partial charge in [0, 0.05) is 24.5 Å². The van der Waals surface area contributed by atoms with Crippen LogP contribution in [0.25, 0.3) is 0 Å². The third-order valence-electron chi connectivity index (χ3n) is 12.4. The van der Waals surface area contributed by atoms with E-state index in [1.807, 2.05) is 12.1 Å². The second kappa shape index (κ2) is 8.23. The van der Waals surface area contributed by atoms with Crippen LogP contribution in [-0.2, 0) is 17.6 Å². The van der Waals surface area contributed by atoms with Gasteiger partial charge in [0.15, 0.2) is 0 Å². The minimum absolute atomic E-state index is 0.0622. The molecule has 4 N–H and O–H groups in total. The topological polar surface area (TPSA) is 75.7 Å². The monoisotopic (exact) mass is 503 g/mol. The quantitative estimate of drug-likeness (QED) is 0.474. The first-order valence-electron chi connectivity index (χ1n) is 15.1. The van der Waals surface area contributed by atoms with E-state index < -0.39 is 5.54 Å². The highest BCUT2D eigenvalue weighted by atomic mass is 16.5. The summed E-state index contributed by atoms with van der Waals surface area (Å²) in [7, 11) is 0. The number of phenolic OH excluding ortho intramolecular Hbond substituents is 1. The van der Waals surface area contributed by atoms with Gasteiger partial charge in [0.25, 0.3) is 0 Å². The first kappa shape index (κ1) is 24.5. The molecule has 0 unspecified atom stereocenters. The fraction of sp³-hybridized carbons (Fsp3) is 0.758.